The summed E-state index contributed by atoms with van der Waals surface area (Å²) in [5.41, 5.74) is 0.297. The van der Waals surface area contributed by atoms with E-state index in [0.29, 0.717) is 17.9 Å². The highest BCUT2D eigenvalue weighted by Crippen LogP contribution is 2.21. The van der Waals surface area contributed by atoms with E-state index >= 15 is 0 Å². The smallest absolute Gasteiger partial charge is 0.132 e. The maximum absolute atomic E-state index is 13.5. The van der Waals surface area contributed by atoms with Gasteiger partial charge in [-0.15, -0.1) is 0 Å². The van der Waals surface area contributed by atoms with E-state index in [4.69, 9.17) is 4.74 Å². The quantitative estimate of drug-likeness (QED) is 0.775. The van der Waals surface area contributed by atoms with Gasteiger partial charge in [0.15, 0.2) is 0 Å². The van der Waals surface area contributed by atoms with E-state index in [9.17, 15) is 9.50 Å². The van der Waals surface area contributed by atoms with Crippen LogP contribution in [0.5, 0.6) is 5.75 Å². The summed E-state index contributed by atoms with van der Waals surface area (Å²) in [4.78, 5) is 2.07. The van der Waals surface area contributed by atoms with Crippen molar-refractivity contribution in [2.24, 2.45) is 0 Å². The fourth-order valence-corrected chi connectivity index (χ4v) is 1.51. The lowest BCUT2D eigenvalue weighted by Crippen LogP contribution is -2.15. The SMILES string of the molecule is CC(O)c1ccc(OCCCN(C)C)cc1F. The number of rotatable bonds is 6. The van der Waals surface area contributed by atoms with E-state index in [1.807, 2.05) is 14.1 Å². The minimum Gasteiger partial charge on any atom is -0.493 e. The fourth-order valence-electron chi connectivity index (χ4n) is 1.51. The van der Waals surface area contributed by atoms with Crippen LogP contribution in [-0.2, 0) is 0 Å². The van der Waals surface area contributed by atoms with Crippen LogP contribution < -0.4 is 4.74 Å². The molecule has 1 unspecified atom stereocenters. The standard InChI is InChI=1S/C13H20FNO2/c1-10(16)12-6-5-11(9-13(12)14)17-8-4-7-15(2)3/h5-6,9-10,16H,4,7-8H2,1-3H3. The maximum atomic E-state index is 13.5. The summed E-state index contributed by atoms with van der Waals surface area (Å²) < 4.78 is 18.9. The Hall–Kier alpha value is -1.13. The first-order valence-corrected chi connectivity index (χ1v) is 5.75. The molecule has 0 amide bonds. The molecule has 1 aromatic carbocycles. The van der Waals surface area contributed by atoms with Gasteiger partial charge in [-0.05, 0) is 39.6 Å². The number of nitrogens with zero attached hydrogens (tertiary/aromatic N) is 1. The first kappa shape index (κ1) is 13.9. The van der Waals surface area contributed by atoms with E-state index in [1.165, 1.54) is 13.0 Å². The molecular formula is C13H20FNO2. The highest BCUT2D eigenvalue weighted by Gasteiger charge is 2.08. The van der Waals surface area contributed by atoms with Crippen LogP contribution in [0.3, 0.4) is 0 Å². The van der Waals surface area contributed by atoms with Crippen molar-refractivity contribution in [3.05, 3.63) is 29.6 Å². The van der Waals surface area contributed by atoms with Gasteiger partial charge in [-0.1, -0.05) is 0 Å². The molecule has 0 saturated carbocycles. The normalized spacial score (nSPS) is 12.8. The largest absolute Gasteiger partial charge is 0.493 e. The van der Waals surface area contributed by atoms with Crippen LogP contribution in [0, 0.1) is 5.82 Å². The second-order valence-electron chi connectivity index (χ2n) is 4.36. The Morgan fingerprint density at radius 1 is 1.41 bits per heavy atom. The number of hydrogen-bond acceptors (Lipinski definition) is 3. The second kappa shape index (κ2) is 6.57. The van der Waals surface area contributed by atoms with Crippen LogP contribution in [0.2, 0.25) is 0 Å². The van der Waals surface area contributed by atoms with Gasteiger partial charge in [-0.25, -0.2) is 4.39 Å². The van der Waals surface area contributed by atoms with E-state index in [0.717, 1.165) is 13.0 Å². The molecule has 0 aromatic heterocycles. The van der Waals surface area contributed by atoms with Crippen molar-refractivity contribution in [1.29, 1.82) is 0 Å². The van der Waals surface area contributed by atoms with Crippen LogP contribution in [0.25, 0.3) is 0 Å². The average molecular weight is 241 g/mol. The summed E-state index contributed by atoms with van der Waals surface area (Å²) in [6, 6.07) is 4.56. The number of ether oxygens (including phenoxy) is 1. The Bertz CT molecular complexity index is 353. The number of aliphatic hydroxyl groups is 1. The Labute approximate surface area is 102 Å². The predicted molar refractivity (Wildman–Crippen MR) is 65.7 cm³/mol. The molecule has 0 heterocycles. The Morgan fingerprint density at radius 2 is 2.12 bits per heavy atom. The second-order valence-corrected chi connectivity index (χ2v) is 4.36. The topological polar surface area (TPSA) is 32.7 Å². The maximum Gasteiger partial charge on any atom is 0.132 e. The molecule has 0 aliphatic heterocycles. The van der Waals surface area contributed by atoms with Crippen LogP contribution in [0.4, 0.5) is 4.39 Å². The first-order chi connectivity index (χ1) is 8.00. The van der Waals surface area contributed by atoms with Crippen molar-refractivity contribution in [3.8, 4) is 5.75 Å². The van der Waals surface area contributed by atoms with Crippen molar-refractivity contribution in [2.75, 3.05) is 27.2 Å². The molecule has 1 N–H and O–H groups in total. The van der Waals surface area contributed by atoms with Crippen molar-refractivity contribution in [2.45, 2.75) is 19.4 Å². The van der Waals surface area contributed by atoms with Gasteiger partial charge >= 0.3 is 0 Å². The number of benzene rings is 1. The lowest BCUT2D eigenvalue weighted by molar-refractivity contribution is 0.194. The van der Waals surface area contributed by atoms with Crippen molar-refractivity contribution < 1.29 is 14.2 Å². The zero-order valence-electron chi connectivity index (χ0n) is 10.6. The molecule has 4 heteroatoms. The van der Waals surface area contributed by atoms with Crippen molar-refractivity contribution >= 4 is 0 Å². The summed E-state index contributed by atoms with van der Waals surface area (Å²) in [5.74, 6) is 0.0794. The van der Waals surface area contributed by atoms with E-state index in [2.05, 4.69) is 4.90 Å². The molecule has 1 rings (SSSR count). The van der Waals surface area contributed by atoms with Crippen LogP contribution in [-0.4, -0.2) is 37.3 Å². The Morgan fingerprint density at radius 3 is 2.65 bits per heavy atom. The number of hydrogen-bond donors (Lipinski definition) is 1. The molecule has 0 saturated heterocycles. The third kappa shape index (κ3) is 4.71. The van der Waals surface area contributed by atoms with Gasteiger partial charge in [0.1, 0.15) is 11.6 Å². The van der Waals surface area contributed by atoms with Gasteiger partial charge in [-0.2, -0.15) is 0 Å². The zero-order chi connectivity index (χ0) is 12.8. The molecule has 0 fully saturated rings. The van der Waals surface area contributed by atoms with Gasteiger partial charge in [0.2, 0.25) is 0 Å². The van der Waals surface area contributed by atoms with E-state index in [-0.39, 0.29) is 0 Å². The van der Waals surface area contributed by atoms with Gasteiger partial charge < -0.3 is 14.7 Å². The van der Waals surface area contributed by atoms with Crippen LogP contribution in [0.1, 0.15) is 25.0 Å². The highest BCUT2D eigenvalue weighted by atomic mass is 19.1. The van der Waals surface area contributed by atoms with E-state index in [1.54, 1.807) is 12.1 Å². The van der Waals surface area contributed by atoms with Crippen LogP contribution in [0.15, 0.2) is 18.2 Å². The number of halogens is 1. The monoisotopic (exact) mass is 241 g/mol. The fraction of sp³-hybridized carbons (Fsp3) is 0.538. The van der Waals surface area contributed by atoms with Crippen molar-refractivity contribution in [3.63, 3.8) is 0 Å². The molecule has 17 heavy (non-hydrogen) atoms. The van der Waals surface area contributed by atoms with Gasteiger partial charge in [0, 0.05) is 18.2 Å². The molecule has 96 valence electrons. The summed E-state index contributed by atoms with van der Waals surface area (Å²) in [6.07, 6.45) is 0.102. The molecule has 0 bridgehead atoms. The highest BCUT2D eigenvalue weighted by molar-refractivity contribution is 5.29. The molecule has 0 aliphatic carbocycles. The molecular weight excluding hydrogens is 221 g/mol. The van der Waals surface area contributed by atoms with Gasteiger partial charge in [0.25, 0.3) is 0 Å². The lowest BCUT2D eigenvalue weighted by atomic mass is 10.1. The molecule has 1 aromatic rings. The summed E-state index contributed by atoms with van der Waals surface area (Å²) in [6.45, 7) is 3.04. The Kier molecular flexibility index (Phi) is 5.38. The zero-order valence-corrected chi connectivity index (χ0v) is 10.6. The molecule has 0 aliphatic rings. The van der Waals surface area contributed by atoms with Crippen molar-refractivity contribution in [1.82, 2.24) is 4.90 Å². The third-order valence-electron chi connectivity index (χ3n) is 2.44. The Balaban J connectivity index is 2.47. The summed E-state index contributed by atoms with van der Waals surface area (Å²) in [5, 5.41) is 9.28. The summed E-state index contributed by atoms with van der Waals surface area (Å²) >= 11 is 0. The predicted octanol–water partition coefficient (Wildman–Crippen LogP) is 2.21. The lowest BCUT2D eigenvalue weighted by Gasteiger charge is -2.11. The van der Waals surface area contributed by atoms with Gasteiger partial charge in [-0.3, -0.25) is 0 Å². The van der Waals surface area contributed by atoms with Gasteiger partial charge in [0.05, 0.1) is 12.7 Å². The molecule has 0 spiro atoms. The van der Waals surface area contributed by atoms with E-state index < -0.39 is 11.9 Å². The molecule has 3 nitrogen and oxygen atoms in total. The minimum absolute atomic E-state index is 0.297. The average Bonchev–Trinajstić information content (AvgIpc) is 2.23. The summed E-state index contributed by atoms with van der Waals surface area (Å²) in [7, 11) is 3.99. The third-order valence-corrected chi connectivity index (χ3v) is 2.44. The number of aliphatic hydroxyl groups excluding tert-OH is 1. The molecule has 1 atom stereocenters. The first-order valence-electron chi connectivity index (χ1n) is 5.75. The minimum atomic E-state index is -0.794. The van der Waals surface area contributed by atoms with Crippen LogP contribution >= 0.6 is 0 Å². The molecule has 0 radical (unpaired) electrons.